The van der Waals surface area contributed by atoms with Gasteiger partial charge in [0.1, 0.15) is 73.2 Å². The van der Waals surface area contributed by atoms with E-state index in [4.69, 9.17) is 28.4 Å². The standard InChI is InChI=1S/C25H38O16/c26-6-11-14(28)17(31)19(33)23(38-11)37-9-13-16(30)22(41-25-20(34)18(32)15(29)12(7-27)39-25)21(35)24(40-13)36-8-10-4-2-1-3-5-10/h1-5,11-35H,6-9H2/t11-,12+,13-,14-,15+,16-,17+,18-,19+,20-,21+,22+,23+,24+,25+/m1/s1. The summed E-state index contributed by atoms with van der Waals surface area (Å²) in [4.78, 5) is 0. The van der Waals surface area contributed by atoms with E-state index in [0.717, 1.165) is 5.56 Å². The molecule has 16 nitrogen and oxygen atoms in total. The van der Waals surface area contributed by atoms with E-state index in [0.29, 0.717) is 0 Å². The lowest BCUT2D eigenvalue weighted by Gasteiger charge is -2.46. The summed E-state index contributed by atoms with van der Waals surface area (Å²) in [7, 11) is 0. The van der Waals surface area contributed by atoms with Crippen LogP contribution in [-0.2, 0) is 35.0 Å². The molecule has 41 heavy (non-hydrogen) atoms. The van der Waals surface area contributed by atoms with E-state index >= 15 is 0 Å². The maximum Gasteiger partial charge on any atom is 0.187 e. The topological polar surface area (TPSA) is 258 Å². The lowest BCUT2D eigenvalue weighted by molar-refractivity contribution is -0.367. The van der Waals surface area contributed by atoms with Gasteiger partial charge < -0.3 is 79.5 Å². The molecule has 0 spiro atoms. The molecule has 3 fully saturated rings. The van der Waals surface area contributed by atoms with Crippen LogP contribution in [0.3, 0.4) is 0 Å². The number of hydrogen-bond acceptors (Lipinski definition) is 16. The van der Waals surface area contributed by atoms with Crippen molar-refractivity contribution in [2.45, 2.75) is 98.7 Å². The van der Waals surface area contributed by atoms with E-state index in [1.807, 2.05) is 0 Å². The van der Waals surface area contributed by atoms with E-state index < -0.39 is 112 Å². The maximum absolute atomic E-state index is 11.1. The van der Waals surface area contributed by atoms with Crippen LogP contribution in [0.25, 0.3) is 0 Å². The second-order valence-electron chi connectivity index (χ2n) is 10.1. The van der Waals surface area contributed by atoms with Gasteiger partial charge in [0.15, 0.2) is 18.9 Å². The second-order valence-corrected chi connectivity index (χ2v) is 10.1. The third kappa shape index (κ3) is 7.22. The highest BCUT2D eigenvalue weighted by Crippen LogP contribution is 2.31. The Morgan fingerprint density at radius 3 is 1.63 bits per heavy atom. The Morgan fingerprint density at radius 1 is 0.537 bits per heavy atom. The van der Waals surface area contributed by atoms with Crippen LogP contribution in [0.1, 0.15) is 5.56 Å². The molecule has 0 unspecified atom stereocenters. The fourth-order valence-electron chi connectivity index (χ4n) is 4.82. The van der Waals surface area contributed by atoms with E-state index in [1.54, 1.807) is 30.3 Å². The van der Waals surface area contributed by atoms with Crippen LogP contribution in [0.15, 0.2) is 30.3 Å². The van der Waals surface area contributed by atoms with Crippen LogP contribution in [0.4, 0.5) is 0 Å². The fraction of sp³-hybridized carbons (Fsp3) is 0.760. The average molecular weight is 595 g/mol. The Morgan fingerprint density at radius 2 is 1.05 bits per heavy atom. The molecule has 0 radical (unpaired) electrons. The zero-order valence-electron chi connectivity index (χ0n) is 21.8. The molecular formula is C25H38O16. The monoisotopic (exact) mass is 594 g/mol. The maximum atomic E-state index is 11.1. The zero-order valence-corrected chi connectivity index (χ0v) is 21.8. The quantitative estimate of drug-likeness (QED) is 0.121. The molecule has 10 N–H and O–H groups in total. The van der Waals surface area contributed by atoms with Crippen molar-refractivity contribution in [1.82, 2.24) is 0 Å². The highest BCUT2D eigenvalue weighted by Gasteiger charge is 2.52. The Kier molecular flexibility index (Phi) is 11.4. The molecule has 1 aromatic carbocycles. The molecule has 3 aliphatic rings. The van der Waals surface area contributed by atoms with Crippen molar-refractivity contribution in [3.8, 4) is 0 Å². The lowest BCUT2D eigenvalue weighted by Crippen LogP contribution is -2.65. The van der Waals surface area contributed by atoms with Gasteiger partial charge in [-0.3, -0.25) is 0 Å². The number of aliphatic hydroxyl groups excluding tert-OH is 10. The number of ether oxygens (including phenoxy) is 6. The Balaban J connectivity index is 1.49. The first kappa shape index (κ1) is 32.5. The van der Waals surface area contributed by atoms with Crippen LogP contribution in [0, 0.1) is 0 Å². The largest absolute Gasteiger partial charge is 0.394 e. The van der Waals surface area contributed by atoms with Gasteiger partial charge in [-0.25, -0.2) is 0 Å². The highest BCUT2D eigenvalue weighted by atomic mass is 16.7. The number of benzene rings is 1. The van der Waals surface area contributed by atoms with Crippen LogP contribution >= 0.6 is 0 Å². The van der Waals surface area contributed by atoms with Gasteiger partial charge in [0.2, 0.25) is 0 Å². The summed E-state index contributed by atoms with van der Waals surface area (Å²) in [5.74, 6) is 0. The van der Waals surface area contributed by atoms with Crippen molar-refractivity contribution < 1.29 is 79.5 Å². The van der Waals surface area contributed by atoms with Gasteiger partial charge >= 0.3 is 0 Å². The third-order valence-corrected chi connectivity index (χ3v) is 7.31. The molecule has 1 aromatic rings. The summed E-state index contributed by atoms with van der Waals surface area (Å²) in [6, 6.07) is 8.84. The number of aliphatic hydroxyl groups is 10. The summed E-state index contributed by atoms with van der Waals surface area (Å²) in [6.07, 6.45) is -24.0. The van der Waals surface area contributed by atoms with E-state index in [1.165, 1.54) is 0 Å². The molecule has 3 heterocycles. The molecular weight excluding hydrogens is 556 g/mol. The van der Waals surface area contributed by atoms with Gasteiger partial charge in [-0.05, 0) is 5.56 Å². The molecule has 0 aliphatic carbocycles. The van der Waals surface area contributed by atoms with Crippen LogP contribution in [0.5, 0.6) is 0 Å². The Bertz CT molecular complexity index is 922. The predicted molar refractivity (Wildman–Crippen MR) is 130 cm³/mol. The van der Waals surface area contributed by atoms with Gasteiger partial charge in [-0.2, -0.15) is 0 Å². The number of hydrogen-bond donors (Lipinski definition) is 10. The van der Waals surface area contributed by atoms with Crippen molar-refractivity contribution in [1.29, 1.82) is 0 Å². The van der Waals surface area contributed by atoms with Crippen molar-refractivity contribution in [3.63, 3.8) is 0 Å². The summed E-state index contributed by atoms with van der Waals surface area (Å²) < 4.78 is 33.3. The summed E-state index contributed by atoms with van der Waals surface area (Å²) in [5.41, 5.74) is 0.718. The molecule has 0 amide bonds. The molecule has 15 atom stereocenters. The summed E-state index contributed by atoms with van der Waals surface area (Å²) >= 11 is 0. The molecule has 0 aromatic heterocycles. The zero-order chi connectivity index (χ0) is 29.8. The normalized spacial score (nSPS) is 45.5. The SMILES string of the molecule is OC[C@@H]1O[C@@H](O[C@@H]2[C@H](O)[C@@H](OCc3ccccc3)O[C@H](CO[C@H]3O[C@H](CO)[C@@H](O)[C@H](O)[C@@H]3O)[C@H]2O)[C@H](O)[C@H](O)[C@H]1O. The summed E-state index contributed by atoms with van der Waals surface area (Å²) in [6.45, 7) is -2.01. The second kappa shape index (κ2) is 14.4. The van der Waals surface area contributed by atoms with E-state index in [9.17, 15) is 51.1 Å². The summed E-state index contributed by atoms with van der Waals surface area (Å²) in [5, 5.41) is 102. The first-order chi connectivity index (χ1) is 19.6. The Labute approximate surface area is 234 Å². The molecule has 3 saturated heterocycles. The first-order valence-corrected chi connectivity index (χ1v) is 13.1. The molecule has 3 aliphatic heterocycles. The van der Waals surface area contributed by atoms with Gasteiger partial charge in [0.05, 0.1) is 26.4 Å². The predicted octanol–water partition coefficient (Wildman–Crippen LogP) is -5.35. The lowest BCUT2D eigenvalue weighted by atomic mass is 9.96. The van der Waals surface area contributed by atoms with Crippen molar-refractivity contribution in [2.75, 3.05) is 19.8 Å². The average Bonchev–Trinajstić information content (AvgIpc) is 2.98. The fourth-order valence-corrected chi connectivity index (χ4v) is 4.82. The molecule has 0 saturated carbocycles. The third-order valence-electron chi connectivity index (χ3n) is 7.31. The molecule has 0 bridgehead atoms. The van der Waals surface area contributed by atoms with Gasteiger partial charge in [-0.1, -0.05) is 30.3 Å². The van der Waals surface area contributed by atoms with Crippen molar-refractivity contribution in [3.05, 3.63) is 35.9 Å². The smallest absolute Gasteiger partial charge is 0.187 e. The minimum Gasteiger partial charge on any atom is -0.394 e. The first-order valence-electron chi connectivity index (χ1n) is 13.1. The van der Waals surface area contributed by atoms with Crippen LogP contribution < -0.4 is 0 Å². The van der Waals surface area contributed by atoms with Gasteiger partial charge in [0.25, 0.3) is 0 Å². The van der Waals surface area contributed by atoms with Gasteiger partial charge in [-0.15, -0.1) is 0 Å². The molecule has 234 valence electrons. The highest BCUT2D eigenvalue weighted by molar-refractivity contribution is 5.13. The van der Waals surface area contributed by atoms with Gasteiger partial charge in [0, 0.05) is 0 Å². The van der Waals surface area contributed by atoms with Crippen molar-refractivity contribution >= 4 is 0 Å². The number of rotatable bonds is 10. The minimum atomic E-state index is -1.83. The van der Waals surface area contributed by atoms with Crippen LogP contribution in [0.2, 0.25) is 0 Å². The van der Waals surface area contributed by atoms with E-state index in [-0.39, 0.29) is 6.61 Å². The Hall–Kier alpha value is -1.42. The molecule has 4 rings (SSSR count). The van der Waals surface area contributed by atoms with Crippen molar-refractivity contribution in [2.24, 2.45) is 0 Å². The molecule has 16 heteroatoms. The van der Waals surface area contributed by atoms with E-state index in [2.05, 4.69) is 0 Å². The van der Waals surface area contributed by atoms with Crippen LogP contribution in [-0.4, -0.2) is 163 Å². The minimum absolute atomic E-state index is 0.0360.